The molecule has 0 aromatic rings. The van der Waals surface area contributed by atoms with Crippen LogP contribution < -0.4 is 0 Å². The van der Waals surface area contributed by atoms with Gasteiger partial charge in [-0.3, -0.25) is 4.79 Å². The SMILES string of the molecule is COC(=O)[C@H]1CCCN(S(=O)(=O)N2CCOCC2)C1. The summed E-state index contributed by atoms with van der Waals surface area (Å²) in [6.45, 7) is 2.28. The topological polar surface area (TPSA) is 76.2 Å². The van der Waals surface area contributed by atoms with Gasteiger partial charge < -0.3 is 9.47 Å². The quantitative estimate of drug-likeness (QED) is 0.652. The molecule has 19 heavy (non-hydrogen) atoms. The van der Waals surface area contributed by atoms with Gasteiger partial charge in [-0.05, 0) is 12.8 Å². The Labute approximate surface area is 113 Å². The second-order valence-corrected chi connectivity index (χ2v) is 6.67. The van der Waals surface area contributed by atoms with Crippen molar-refractivity contribution in [2.45, 2.75) is 12.8 Å². The maximum atomic E-state index is 12.4. The van der Waals surface area contributed by atoms with Crippen LogP contribution in [0.4, 0.5) is 0 Å². The van der Waals surface area contributed by atoms with Crippen LogP contribution in [0.25, 0.3) is 0 Å². The molecule has 1 atom stereocenters. The van der Waals surface area contributed by atoms with E-state index < -0.39 is 10.2 Å². The van der Waals surface area contributed by atoms with Gasteiger partial charge in [0.25, 0.3) is 10.2 Å². The monoisotopic (exact) mass is 292 g/mol. The summed E-state index contributed by atoms with van der Waals surface area (Å²) in [7, 11) is -2.15. The van der Waals surface area contributed by atoms with Crippen LogP contribution in [0.3, 0.4) is 0 Å². The third-order valence-corrected chi connectivity index (χ3v) is 5.54. The first-order valence-corrected chi connectivity index (χ1v) is 7.86. The summed E-state index contributed by atoms with van der Waals surface area (Å²) in [5, 5.41) is 0. The van der Waals surface area contributed by atoms with Crippen molar-refractivity contribution in [1.29, 1.82) is 0 Å². The van der Waals surface area contributed by atoms with Gasteiger partial charge in [-0.25, -0.2) is 0 Å². The molecule has 8 heteroatoms. The Hall–Kier alpha value is -0.700. The average molecular weight is 292 g/mol. The van der Waals surface area contributed by atoms with E-state index in [-0.39, 0.29) is 18.4 Å². The van der Waals surface area contributed by atoms with Gasteiger partial charge in [0.05, 0.1) is 26.2 Å². The molecule has 2 aliphatic rings. The van der Waals surface area contributed by atoms with E-state index in [1.807, 2.05) is 0 Å². The number of rotatable bonds is 3. The number of hydrogen-bond acceptors (Lipinski definition) is 5. The number of piperidine rings is 1. The largest absolute Gasteiger partial charge is 0.469 e. The van der Waals surface area contributed by atoms with Crippen molar-refractivity contribution in [3.63, 3.8) is 0 Å². The molecule has 0 aliphatic carbocycles. The summed E-state index contributed by atoms with van der Waals surface area (Å²) < 4.78 is 37.6. The normalized spacial score (nSPS) is 27.1. The second-order valence-electron chi connectivity index (χ2n) is 4.74. The van der Waals surface area contributed by atoms with Crippen LogP contribution in [-0.4, -0.2) is 69.5 Å². The smallest absolute Gasteiger partial charge is 0.309 e. The Kier molecular flexibility index (Phi) is 4.77. The van der Waals surface area contributed by atoms with E-state index in [9.17, 15) is 13.2 Å². The zero-order valence-corrected chi connectivity index (χ0v) is 11.9. The molecule has 0 bridgehead atoms. The van der Waals surface area contributed by atoms with Gasteiger partial charge in [0.2, 0.25) is 0 Å². The van der Waals surface area contributed by atoms with Crippen molar-refractivity contribution in [2.24, 2.45) is 5.92 Å². The van der Waals surface area contributed by atoms with Crippen molar-refractivity contribution < 1.29 is 22.7 Å². The van der Waals surface area contributed by atoms with Crippen LogP contribution >= 0.6 is 0 Å². The first-order valence-electron chi connectivity index (χ1n) is 6.46. The van der Waals surface area contributed by atoms with E-state index in [0.717, 1.165) is 0 Å². The fourth-order valence-corrected chi connectivity index (χ4v) is 4.12. The molecule has 0 aromatic carbocycles. The number of morpholine rings is 1. The van der Waals surface area contributed by atoms with Crippen molar-refractivity contribution in [1.82, 2.24) is 8.61 Å². The predicted octanol–water partition coefficient (Wildman–Crippen LogP) is -0.552. The van der Waals surface area contributed by atoms with Gasteiger partial charge in [0.1, 0.15) is 0 Å². The molecule has 0 saturated carbocycles. The standard InChI is InChI=1S/C11H20N2O5S/c1-17-11(14)10-3-2-4-13(9-10)19(15,16)12-5-7-18-8-6-12/h10H,2-9H2,1H3/t10-/m0/s1. The highest BCUT2D eigenvalue weighted by Gasteiger charge is 2.36. The van der Waals surface area contributed by atoms with Crippen LogP contribution in [0.5, 0.6) is 0 Å². The molecule has 0 radical (unpaired) electrons. The van der Waals surface area contributed by atoms with E-state index >= 15 is 0 Å². The number of hydrogen-bond donors (Lipinski definition) is 0. The molecule has 2 heterocycles. The fraction of sp³-hybridized carbons (Fsp3) is 0.909. The minimum absolute atomic E-state index is 0.215. The average Bonchev–Trinajstić information content (AvgIpc) is 2.47. The Balaban J connectivity index is 2.05. The minimum Gasteiger partial charge on any atom is -0.469 e. The lowest BCUT2D eigenvalue weighted by molar-refractivity contribution is -0.146. The number of ether oxygens (including phenoxy) is 2. The third kappa shape index (κ3) is 3.25. The van der Waals surface area contributed by atoms with Gasteiger partial charge >= 0.3 is 5.97 Å². The van der Waals surface area contributed by atoms with Crippen molar-refractivity contribution in [3.05, 3.63) is 0 Å². The van der Waals surface area contributed by atoms with Gasteiger partial charge in [-0.1, -0.05) is 0 Å². The molecule has 0 amide bonds. The van der Waals surface area contributed by atoms with Crippen molar-refractivity contribution in [2.75, 3.05) is 46.5 Å². The summed E-state index contributed by atoms with van der Waals surface area (Å²) in [6.07, 6.45) is 1.37. The van der Waals surface area contributed by atoms with Crippen molar-refractivity contribution >= 4 is 16.2 Å². The molecule has 110 valence electrons. The number of esters is 1. The van der Waals surface area contributed by atoms with Crippen LogP contribution in [-0.2, 0) is 24.5 Å². The van der Waals surface area contributed by atoms with Crippen molar-refractivity contribution in [3.8, 4) is 0 Å². The van der Waals surface area contributed by atoms with E-state index in [1.54, 1.807) is 0 Å². The molecule has 2 saturated heterocycles. The van der Waals surface area contributed by atoms with E-state index in [4.69, 9.17) is 9.47 Å². The molecule has 0 unspecified atom stereocenters. The summed E-state index contributed by atoms with van der Waals surface area (Å²) in [5.41, 5.74) is 0. The summed E-state index contributed by atoms with van der Waals surface area (Å²) in [6, 6.07) is 0. The van der Waals surface area contributed by atoms with E-state index in [2.05, 4.69) is 0 Å². The highest BCUT2D eigenvalue weighted by atomic mass is 32.2. The molecule has 0 spiro atoms. The second kappa shape index (κ2) is 6.17. The maximum absolute atomic E-state index is 12.4. The van der Waals surface area contributed by atoms with Crippen LogP contribution in [0.15, 0.2) is 0 Å². The Morgan fingerprint density at radius 1 is 1.21 bits per heavy atom. The predicted molar refractivity (Wildman–Crippen MR) is 67.6 cm³/mol. The molecule has 0 N–H and O–H groups in total. The highest BCUT2D eigenvalue weighted by molar-refractivity contribution is 7.86. The number of methoxy groups -OCH3 is 1. The Morgan fingerprint density at radius 2 is 1.89 bits per heavy atom. The third-order valence-electron chi connectivity index (χ3n) is 3.54. The van der Waals surface area contributed by atoms with Gasteiger partial charge in [-0.2, -0.15) is 17.0 Å². The number of nitrogens with zero attached hydrogens (tertiary/aromatic N) is 2. The zero-order valence-electron chi connectivity index (χ0n) is 11.1. The maximum Gasteiger partial charge on any atom is 0.309 e. The highest BCUT2D eigenvalue weighted by Crippen LogP contribution is 2.22. The summed E-state index contributed by atoms with van der Waals surface area (Å²) >= 11 is 0. The van der Waals surface area contributed by atoms with E-state index in [0.29, 0.717) is 45.7 Å². The molecule has 7 nitrogen and oxygen atoms in total. The molecule has 2 fully saturated rings. The lowest BCUT2D eigenvalue weighted by Gasteiger charge is -2.35. The molecular weight excluding hydrogens is 272 g/mol. The Bertz CT molecular complexity index is 419. The van der Waals surface area contributed by atoms with Crippen LogP contribution in [0.2, 0.25) is 0 Å². The van der Waals surface area contributed by atoms with E-state index in [1.165, 1.54) is 15.7 Å². The molecule has 2 rings (SSSR count). The summed E-state index contributed by atoms with van der Waals surface area (Å²) in [4.78, 5) is 11.5. The first-order chi connectivity index (χ1) is 9.05. The van der Waals surface area contributed by atoms with Gasteiger partial charge in [-0.15, -0.1) is 0 Å². The minimum atomic E-state index is -3.48. The number of carbonyl (C=O) groups is 1. The van der Waals surface area contributed by atoms with Gasteiger partial charge in [0.15, 0.2) is 0 Å². The zero-order chi connectivity index (χ0) is 13.9. The van der Waals surface area contributed by atoms with Gasteiger partial charge in [0, 0.05) is 26.2 Å². The summed E-state index contributed by atoms with van der Waals surface area (Å²) in [5.74, 6) is -0.684. The lowest BCUT2D eigenvalue weighted by Crippen LogP contribution is -2.52. The van der Waals surface area contributed by atoms with Crippen LogP contribution in [0, 0.1) is 5.92 Å². The molecular formula is C11H20N2O5S. The first kappa shape index (κ1) is 14.7. The molecule has 0 aromatic heterocycles. The fourth-order valence-electron chi connectivity index (χ4n) is 2.45. The molecule has 2 aliphatic heterocycles. The van der Waals surface area contributed by atoms with Crippen LogP contribution in [0.1, 0.15) is 12.8 Å². The Morgan fingerprint density at radius 3 is 2.53 bits per heavy atom. The number of carbonyl (C=O) groups excluding carboxylic acids is 1. The lowest BCUT2D eigenvalue weighted by atomic mass is 10.0.